The summed E-state index contributed by atoms with van der Waals surface area (Å²) in [5.41, 5.74) is 1.28. The molecular formula is C13H15NO2S. The van der Waals surface area contributed by atoms with Crippen LogP contribution in [0.25, 0.3) is 10.1 Å². The van der Waals surface area contributed by atoms with E-state index in [1.54, 1.807) is 11.3 Å². The molecule has 2 rings (SSSR count). The summed E-state index contributed by atoms with van der Waals surface area (Å²) >= 11 is 1.74. The summed E-state index contributed by atoms with van der Waals surface area (Å²) < 4.78 is 1.29. The number of carboxylic acids is 1. The van der Waals surface area contributed by atoms with E-state index in [0.29, 0.717) is 6.54 Å². The molecule has 0 aliphatic heterocycles. The highest BCUT2D eigenvalue weighted by Gasteiger charge is 2.07. The van der Waals surface area contributed by atoms with Crippen molar-refractivity contribution in [2.45, 2.75) is 13.0 Å². The van der Waals surface area contributed by atoms with Gasteiger partial charge in [-0.15, -0.1) is 11.3 Å². The van der Waals surface area contributed by atoms with Gasteiger partial charge in [0.05, 0.1) is 6.42 Å². The average Bonchev–Trinajstić information content (AvgIpc) is 2.70. The Kier molecular flexibility index (Phi) is 3.76. The lowest BCUT2D eigenvalue weighted by molar-refractivity contribution is -0.137. The summed E-state index contributed by atoms with van der Waals surface area (Å²) in [5.74, 6) is -0.743. The molecule has 0 fully saturated rings. The SMILES string of the molecule is CN(CCC(=O)O)Cc1csc2ccccc12. The fourth-order valence-electron chi connectivity index (χ4n) is 1.81. The molecule has 17 heavy (non-hydrogen) atoms. The lowest BCUT2D eigenvalue weighted by atomic mass is 10.1. The van der Waals surface area contributed by atoms with Crippen LogP contribution in [0.1, 0.15) is 12.0 Å². The second kappa shape index (κ2) is 5.29. The van der Waals surface area contributed by atoms with Gasteiger partial charge in [0.25, 0.3) is 0 Å². The van der Waals surface area contributed by atoms with E-state index in [1.807, 2.05) is 24.1 Å². The standard InChI is InChI=1S/C13H15NO2S/c1-14(7-6-13(15)16)8-10-9-17-12-5-3-2-4-11(10)12/h2-5,9H,6-8H2,1H3,(H,15,16). The summed E-state index contributed by atoms with van der Waals surface area (Å²) in [5, 5.41) is 12.1. The van der Waals surface area contributed by atoms with Crippen molar-refractivity contribution in [2.75, 3.05) is 13.6 Å². The number of nitrogens with zero attached hydrogens (tertiary/aromatic N) is 1. The molecule has 3 nitrogen and oxygen atoms in total. The maximum Gasteiger partial charge on any atom is 0.304 e. The van der Waals surface area contributed by atoms with Crippen LogP contribution in [0.2, 0.25) is 0 Å². The number of aliphatic carboxylic acids is 1. The molecule has 4 heteroatoms. The van der Waals surface area contributed by atoms with Gasteiger partial charge >= 0.3 is 5.97 Å². The Bertz CT molecular complexity index is 521. The highest BCUT2D eigenvalue weighted by atomic mass is 32.1. The number of hydrogen-bond acceptors (Lipinski definition) is 3. The van der Waals surface area contributed by atoms with Crippen LogP contribution in [-0.2, 0) is 11.3 Å². The van der Waals surface area contributed by atoms with Crippen molar-refractivity contribution in [1.82, 2.24) is 4.90 Å². The van der Waals surface area contributed by atoms with Crippen LogP contribution in [0.5, 0.6) is 0 Å². The normalized spacial score (nSPS) is 11.2. The minimum atomic E-state index is -0.743. The Morgan fingerprint density at radius 2 is 2.18 bits per heavy atom. The highest BCUT2D eigenvalue weighted by Crippen LogP contribution is 2.26. The van der Waals surface area contributed by atoms with Gasteiger partial charge in [-0.25, -0.2) is 0 Å². The molecule has 0 bridgehead atoms. The number of fused-ring (bicyclic) bond motifs is 1. The summed E-state index contributed by atoms with van der Waals surface area (Å²) in [7, 11) is 1.95. The number of thiophene rings is 1. The highest BCUT2D eigenvalue weighted by molar-refractivity contribution is 7.17. The molecule has 0 amide bonds. The van der Waals surface area contributed by atoms with Crippen LogP contribution in [-0.4, -0.2) is 29.6 Å². The van der Waals surface area contributed by atoms with Gasteiger partial charge in [-0.3, -0.25) is 4.79 Å². The molecule has 0 aliphatic carbocycles. The summed E-state index contributed by atoms with van der Waals surface area (Å²) in [4.78, 5) is 12.5. The fraction of sp³-hybridized carbons (Fsp3) is 0.308. The molecule has 0 saturated carbocycles. The third kappa shape index (κ3) is 3.05. The molecule has 1 aromatic carbocycles. The summed E-state index contributed by atoms with van der Waals surface area (Å²) in [6, 6.07) is 8.31. The van der Waals surface area contributed by atoms with E-state index >= 15 is 0 Å². The van der Waals surface area contributed by atoms with Crippen molar-refractivity contribution in [2.24, 2.45) is 0 Å². The Morgan fingerprint density at radius 1 is 1.41 bits per heavy atom. The second-order valence-electron chi connectivity index (χ2n) is 4.14. The van der Waals surface area contributed by atoms with Crippen molar-refractivity contribution in [3.05, 3.63) is 35.2 Å². The zero-order chi connectivity index (χ0) is 12.3. The van der Waals surface area contributed by atoms with Gasteiger partial charge in [-0.05, 0) is 29.4 Å². The smallest absolute Gasteiger partial charge is 0.304 e. The fourth-order valence-corrected chi connectivity index (χ4v) is 2.77. The molecule has 2 aromatic rings. The maximum atomic E-state index is 10.5. The van der Waals surface area contributed by atoms with Crippen LogP contribution in [0.15, 0.2) is 29.6 Å². The Hall–Kier alpha value is -1.39. The molecule has 0 atom stereocenters. The van der Waals surface area contributed by atoms with Gasteiger partial charge in [0.2, 0.25) is 0 Å². The van der Waals surface area contributed by atoms with E-state index in [2.05, 4.69) is 17.5 Å². The number of carbonyl (C=O) groups is 1. The van der Waals surface area contributed by atoms with E-state index < -0.39 is 5.97 Å². The van der Waals surface area contributed by atoms with Crippen LogP contribution < -0.4 is 0 Å². The summed E-state index contributed by atoms with van der Waals surface area (Å²) in [6.45, 7) is 1.39. The molecule has 90 valence electrons. The molecule has 1 N–H and O–H groups in total. The molecule has 1 heterocycles. The average molecular weight is 249 g/mol. The second-order valence-corrected chi connectivity index (χ2v) is 5.05. The van der Waals surface area contributed by atoms with Crippen molar-refractivity contribution >= 4 is 27.4 Å². The third-order valence-electron chi connectivity index (χ3n) is 2.71. The van der Waals surface area contributed by atoms with Gasteiger partial charge in [-0.1, -0.05) is 18.2 Å². The Balaban J connectivity index is 2.05. The zero-order valence-corrected chi connectivity index (χ0v) is 10.5. The van der Waals surface area contributed by atoms with E-state index in [9.17, 15) is 4.79 Å². The van der Waals surface area contributed by atoms with Gasteiger partial charge < -0.3 is 10.0 Å². The number of carboxylic acid groups (broad SMARTS) is 1. The zero-order valence-electron chi connectivity index (χ0n) is 9.72. The number of rotatable bonds is 5. The summed E-state index contributed by atoms with van der Waals surface area (Å²) in [6.07, 6.45) is 0.193. The van der Waals surface area contributed by atoms with Crippen molar-refractivity contribution in [1.29, 1.82) is 0 Å². The van der Waals surface area contributed by atoms with E-state index in [0.717, 1.165) is 6.54 Å². The van der Waals surface area contributed by atoms with E-state index in [-0.39, 0.29) is 6.42 Å². The molecule has 0 aliphatic rings. The predicted molar refractivity (Wildman–Crippen MR) is 70.4 cm³/mol. The van der Waals surface area contributed by atoms with E-state index in [4.69, 9.17) is 5.11 Å². The maximum absolute atomic E-state index is 10.5. The van der Waals surface area contributed by atoms with Crippen LogP contribution in [0, 0.1) is 0 Å². The van der Waals surface area contributed by atoms with Crippen molar-refractivity contribution < 1.29 is 9.90 Å². The van der Waals surface area contributed by atoms with Crippen LogP contribution in [0.3, 0.4) is 0 Å². The van der Waals surface area contributed by atoms with Gasteiger partial charge in [0.1, 0.15) is 0 Å². The largest absolute Gasteiger partial charge is 0.481 e. The molecular weight excluding hydrogens is 234 g/mol. The molecule has 0 spiro atoms. The van der Waals surface area contributed by atoms with Crippen molar-refractivity contribution in [3.8, 4) is 0 Å². The van der Waals surface area contributed by atoms with Gasteiger partial charge in [0.15, 0.2) is 0 Å². The Morgan fingerprint density at radius 3 is 2.94 bits per heavy atom. The lowest BCUT2D eigenvalue weighted by Gasteiger charge is -2.14. The monoisotopic (exact) mass is 249 g/mol. The third-order valence-corrected chi connectivity index (χ3v) is 3.72. The van der Waals surface area contributed by atoms with Gasteiger partial charge in [0, 0.05) is 17.8 Å². The van der Waals surface area contributed by atoms with Crippen LogP contribution >= 0.6 is 11.3 Å². The minimum Gasteiger partial charge on any atom is -0.481 e. The number of hydrogen-bond donors (Lipinski definition) is 1. The quantitative estimate of drug-likeness (QED) is 0.885. The van der Waals surface area contributed by atoms with Crippen molar-refractivity contribution in [3.63, 3.8) is 0 Å². The van der Waals surface area contributed by atoms with E-state index in [1.165, 1.54) is 15.6 Å². The molecule has 1 aromatic heterocycles. The molecule has 0 saturated heterocycles. The number of benzene rings is 1. The first-order valence-corrected chi connectivity index (χ1v) is 6.40. The molecule has 0 radical (unpaired) electrons. The molecule has 0 unspecified atom stereocenters. The minimum absolute atomic E-state index is 0.193. The predicted octanol–water partition coefficient (Wildman–Crippen LogP) is 2.81. The van der Waals surface area contributed by atoms with Gasteiger partial charge in [-0.2, -0.15) is 0 Å². The first-order valence-electron chi connectivity index (χ1n) is 5.52. The lowest BCUT2D eigenvalue weighted by Crippen LogP contribution is -2.21. The Labute approximate surface area is 104 Å². The van der Waals surface area contributed by atoms with Crippen LogP contribution in [0.4, 0.5) is 0 Å². The first kappa shape index (κ1) is 12.1. The topological polar surface area (TPSA) is 40.5 Å². The first-order chi connectivity index (χ1) is 8.16.